The molecule has 4 nitrogen and oxygen atoms in total. The normalized spacial score (nSPS) is 19.4. The molecule has 94 valence electrons. The molecule has 0 saturated carbocycles. The van der Waals surface area contributed by atoms with Crippen molar-refractivity contribution in [2.24, 2.45) is 11.7 Å². The number of benzene rings is 1. The van der Waals surface area contributed by atoms with Gasteiger partial charge in [0.15, 0.2) is 0 Å². The number of halogens is 1. The first-order valence-corrected chi connectivity index (χ1v) is 6.16. The van der Waals surface area contributed by atoms with Gasteiger partial charge in [0, 0.05) is 22.9 Å². The molecule has 2 amide bonds. The molecule has 1 aliphatic rings. The van der Waals surface area contributed by atoms with Gasteiger partial charge in [-0.05, 0) is 18.2 Å². The number of anilines is 1. The van der Waals surface area contributed by atoms with Gasteiger partial charge in [0.1, 0.15) is 4.99 Å². The van der Waals surface area contributed by atoms with Crippen molar-refractivity contribution in [3.8, 4) is 0 Å². The second-order valence-electron chi connectivity index (χ2n) is 4.20. The van der Waals surface area contributed by atoms with Crippen LogP contribution in [0.1, 0.15) is 18.9 Å². The van der Waals surface area contributed by atoms with E-state index in [1.165, 1.54) is 6.07 Å². The first kappa shape index (κ1) is 13.0. The van der Waals surface area contributed by atoms with Gasteiger partial charge in [0.05, 0.1) is 5.69 Å². The summed E-state index contributed by atoms with van der Waals surface area (Å²) in [7, 11) is 0. The number of carbonyl (C=O) groups excluding carboxylic acids is 2. The maximum absolute atomic E-state index is 12.0. The number of rotatable bonds is 2. The molecule has 0 spiro atoms. The van der Waals surface area contributed by atoms with Crippen molar-refractivity contribution < 1.29 is 9.59 Å². The summed E-state index contributed by atoms with van der Waals surface area (Å²) in [4.78, 5) is 25.1. The highest BCUT2D eigenvalue weighted by molar-refractivity contribution is 7.80. The zero-order valence-electron chi connectivity index (χ0n) is 9.64. The van der Waals surface area contributed by atoms with Crippen LogP contribution in [-0.4, -0.2) is 16.8 Å². The largest absolute Gasteiger partial charge is 0.389 e. The van der Waals surface area contributed by atoms with E-state index in [4.69, 9.17) is 29.6 Å². The van der Waals surface area contributed by atoms with Crippen molar-refractivity contribution in [3.63, 3.8) is 0 Å². The Kier molecular flexibility index (Phi) is 3.36. The Bertz CT molecular complexity index is 559. The highest BCUT2D eigenvalue weighted by atomic mass is 35.5. The molecule has 2 rings (SSSR count). The predicted molar refractivity (Wildman–Crippen MR) is 73.6 cm³/mol. The molecule has 18 heavy (non-hydrogen) atoms. The Morgan fingerprint density at radius 2 is 2.17 bits per heavy atom. The van der Waals surface area contributed by atoms with Crippen molar-refractivity contribution in [1.29, 1.82) is 0 Å². The van der Waals surface area contributed by atoms with Crippen LogP contribution in [0, 0.1) is 5.92 Å². The van der Waals surface area contributed by atoms with Crippen LogP contribution in [0.25, 0.3) is 0 Å². The summed E-state index contributed by atoms with van der Waals surface area (Å²) in [5.41, 5.74) is 6.44. The van der Waals surface area contributed by atoms with E-state index >= 15 is 0 Å². The first-order valence-electron chi connectivity index (χ1n) is 5.38. The molecule has 1 heterocycles. The molecule has 1 aliphatic heterocycles. The van der Waals surface area contributed by atoms with Crippen LogP contribution >= 0.6 is 23.8 Å². The zero-order chi connectivity index (χ0) is 13.4. The number of thiocarbonyl (C=S) groups is 1. The summed E-state index contributed by atoms with van der Waals surface area (Å²) >= 11 is 10.8. The van der Waals surface area contributed by atoms with Gasteiger partial charge in [0.2, 0.25) is 11.8 Å². The third kappa shape index (κ3) is 2.11. The van der Waals surface area contributed by atoms with Crippen LogP contribution in [-0.2, 0) is 9.59 Å². The first-order chi connectivity index (χ1) is 8.41. The standard InChI is InChI=1S/C12H11ClN2O2S/c1-6-4-10(16)15(12(6)17)9-5-7(13)2-3-8(9)11(14)18/h2-3,5-6H,4H2,1H3,(H2,14,18). The van der Waals surface area contributed by atoms with Crippen molar-refractivity contribution in [3.05, 3.63) is 28.8 Å². The minimum atomic E-state index is -0.323. The van der Waals surface area contributed by atoms with Crippen LogP contribution in [0.4, 0.5) is 5.69 Å². The summed E-state index contributed by atoms with van der Waals surface area (Å²) < 4.78 is 0. The van der Waals surface area contributed by atoms with Gasteiger partial charge in [-0.25, -0.2) is 4.90 Å². The Morgan fingerprint density at radius 3 is 2.67 bits per heavy atom. The molecule has 1 atom stereocenters. The number of hydrogen-bond donors (Lipinski definition) is 1. The molecule has 0 aromatic heterocycles. The number of nitrogens with two attached hydrogens (primary N) is 1. The predicted octanol–water partition coefficient (Wildman–Crippen LogP) is 1.87. The monoisotopic (exact) mass is 282 g/mol. The van der Waals surface area contributed by atoms with E-state index < -0.39 is 0 Å². The highest BCUT2D eigenvalue weighted by Crippen LogP contribution is 2.31. The highest BCUT2D eigenvalue weighted by Gasteiger charge is 2.37. The minimum absolute atomic E-state index is 0.127. The van der Waals surface area contributed by atoms with E-state index in [-0.39, 0.29) is 29.1 Å². The summed E-state index contributed by atoms with van der Waals surface area (Å²) in [6.07, 6.45) is 0.197. The molecule has 6 heteroatoms. The Labute approximate surface area is 115 Å². The third-order valence-corrected chi connectivity index (χ3v) is 3.29. The summed E-state index contributed by atoms with van der Waals surface area (Å²) in [5, 5.41) is 0.421. The molecule has 2 N–H and O–H groups in total. The molecule has 0 aliphatic carbocycles. The van der Waals surface area contributed by atoms with E-state index in [0.29, 0.717) is 16.3 Å². The van der Waals surface area contributed by atoms with Crippen LogP contribution in [0.3, 0.4) is 0 Å². The van der Waals surface area contributed by atoms with E-state index in [2.05, 4.69) is 0 Å². The number of nitrogens with zero attached hydrogens (tertiary/aromatic N) is 1. The quantitative estimate of drug-likeness (QED) is 0.664. The molecule has 0 radical (unpaired) electrons. The Morgan fingerprint density at radius 1 is 1.50 bits per heavy atom. The van der Waals surface area contributed by atoms with Crippen molar-refractivity contribution in [2.45, 2.75) is 13.3 Å². The summed E-state index contributed by atoms with van der Waals surface area (Å²) in [6.45, 7) is 1.71. The number of hydrogen-bond acceptors (Lipinski definition) is 3. The van der Waals surface area contributed by atoms with Gasteiger partial charge >= 0.3 is 0 Å². The number of carbonyl (C=O) groups is 2. The smallest absolute Gasteiger partial charge is 0.237 e. The maximum Gasteiger partial charge on any atom is 0.237 e. The van der Waals surface area contributed by atoms with Gasteiger partial charge in [-0.15, -0.1) is 0 Å². The molecule has 1 fully saturated rings. The summed E-state index contributed by atoms with van der Waals surface area (Å²) in [5.74, 6) is -0.831. The van der Waals surface area contributed by atoms with Gasteiger partial charge in [0.25, 0.3) is 0 Å². The molecule has 0 bridgehead atoms. The average molecular weight is 283 g/mol. The minimum Gasteiger partial charge on any atom is -0.389 e. The summed E-state index contributed by atoms with van der Waals surface area (Å²) in [6, 6.07) is 4.77. The van der Waals surface area contributed by atoms with Gasteiger partial charge in [-0.2, -0.15) is 0 Å². The van der Waals surface area contributed by atoms with Gasteiger partial charge < -0.3 is 5.73 Å². The second-order valence-corrected chi connectivity index (χ2v) is 5.07. The Hall–Kier alpha value is -1.46. The van der Waals surface area contributed by atoms with Crippen LogP contribution < -0.4 is 10.6 Å². The van der Waals surface area contributed by atoms with Crippen LogP contribution in [0.5, 0.6) is 0 Å². The van der Waals surface area contributed by atoms with E-state index in [1.807, 2.05) is 0 Å². The lowest BCUT2D eigenvalue weighted by molar-refractivity contribution is -0.122. The fraction of sp³-hybridized carbons (Fsp3) is 0.250. The van der Waals surface area contributed by atoms with Crippen LogP contribution in [0.15, 0.2) is 18.2 Å². The molecular weight excluding hydrogens is 272 g/mol. The van der Waals surface area contributed by atoms with Crippen molar-refractivity contribution in [1.82, 2.24) is 0 Å². The van der Waals surface area contributed by atoms with E-state index in [9.17, 15) is 9.59 Å². The fourth-order valence-electron chi connectivity index (χ4n) is 1.94. The second kappa shape index (κ2) is 4.66. The topological polar surface area (TPSA) is 63.4 Å². The van der Waals surface area contributed by atoms with Crippen molar-refractivity contribution >= 4 is 46.3 Å². The molecule has 1 saturated heterocycles. The SMILES string of the molecule is CC1CC(=O)N(c2cc(Cl)ccc2C(N)=S)C1=O. The van der Waals surface area contributed by atoms with Crippen molar-refractivity contribution in [2.75, 3.05) is 4.90 Å². The molecule has 1 aromatic carbocycles. The number of amides is 2. The lowest BCUT2D eigenvalue weighted by atomic mass is 10.1. The van der Waals surface area contributed by atoms with E-state index in [1.54, 1.807) is 19.1 Å². The van der Waals surface area contributed by atoms with Crippen LogP contribution in [0.2, 0.25) is 5.02 Å². The zero-order valence-corrected chi connectivity index (χ0v) is 11.2. The lowest BCUT2D eigenvalue weighted by Gasteiger charge is -2.18. The molecule has 1 aromatic rings. The van der Waals surface area contributed by atoms with Gasteiger partial charge in [-0.3, -0.25) is 9.59 Å². The fourth-order valence-corrected chi connectivity index (χ4v) is 2.27. The number of imide groups is 1. The maximum atomic E-state index is 12.0. The molecule has 1 unspecified atom stereocenters. The Balaban J connectivity index is 2.56. The molecular formula is C12H11ClN2O2S. The van der Waals surface area contributed by atoms with E-state index in [0.717, 1.165) is 4.90 Å². The third-order valence-electron chi connectivity index (χ3n) is 2.84. The van der Waals surface area contributed by atoms with Gasteiger partial charge in [-0.1, -0.05) is 30.7 Å². The lowest BCUT2D eigenvalue weighted by Crippen LogP contribution is -2.32. The average Bonchev–Trinajstić information content (AvgIpc) is 2.52.